The third kappa shape index (κ3) is 5.22. The Labute approximate surface area is 193 Å². The average molecular weight is 470 g/mol. The lowest BCUT2D eigenvalue weighted by molar-refractivity contribution is -0.136. The van der Waals surface area contributed by atoms with Gasteiger partial charge in [0, 0.05) is 6.42 Å². The number of carbonyl (C=O) groups is 2. The average Bonchev–Trinajstić information content (AvgIpc) is 3.52. The number of alkyl halides is 2. The van der Waals surface area contributed by atoms with E-state index < -0.39 is 31.1 Å². The van der Waals surface area contributed by atoms with Gasteiger partial charge in [-0.3, -0.25) is 4.79 Å². The molecule has 1 amide bonds. The molecule has 2 heterocycles. The van der Waals surface area contributed by atoms with Crippen LogP contribution in [0.2, 0.25) is 0 Å². The van der Waals surface area contributed by atoms with E-state index in [4.69, 9.17) is 13.9 Å². The minimum Gasteiger partial charge on any atom is -0.497 e. The van der Waals surface area contributed by atoms with E-state index in [1.54, 1.807) is 31.4 Å². The first kappa shape index (κ1) is 23.0. The predicted octanol–water partition coefficient (Wildman–Crippen LogP) is 4.42. The summed E-state index contributed by atoms with van der Waals surface area (Å²) in [5.74, 6) is -0.405. The van der Waals surface area contributed by atoms with Crippen LogP contribution in [0.5, 0.6) is 11.5 Å². The molecule has 1 aromatic heterocycles. The molecule has 0 saturated heterocycles. The van der Waals surface area contributed by atoms with Crippen molar-refractivity contribution < 1.29 is 37.0 Å². The van der Waals surface area contributed by atoms with Crippen LogP contribution in [-0.2, 0) is 9.53 Å². The number of hydrazone groups is 1. The molecule has 3 aromatic rings. The lowest BCUT2D eigenvalue weighted by Gasteiger charge is -2.19. The van der Waals surface area contributed by atoms with Crippen LogP contribution in [0.15, 0.2) is 76.4 Å². The predicted molar refractivity (Wildman–Crippen MR) is 116 cm³/mol. The fourth-order valence-electron chi connectivity index (χ4n) is 3.48. The van der Waals surface area contributed by atoms with Gasteiger partial charge in [0.2, 0.25) is 0 Å². The normalized spacial score (nSPS) is 15.2. The van der Waals surface area contributed by atoms with Crippen LogP contribution >= 0.6 is 0 Å². The molecule has 1 atom stereocenters. The Bertz CT molecular complexity index is 1180. The van der Waals surface area contributed by atoms with Gasteiger partial charge >= 0.3 is 12.6 Å². The number of rotatable bonds is 8. The van der Waals surface area contributed by atoms with E-state index in [0.29, 0.717) is 23.6 Å². The third-order valence-electron chi connectivity index (χ3n) is 5.08. The number of furan rings is 1. The van der Waals surface area contributed by atoms with Gasteiger partial charge in [0.25, 0.3) is 5.91 Å². The smallest absolute Gasteiger partial charge is 0.387 e. The molecule has 10 heteroatoms. The highest BCUT2D eigenvalue weighted by Crippen LogP contribution is 2.33. The summed E-state index contributed by atoms with van der Waals surface area (Å²) in [6, 6.07) is 15.3. The Morgan fingerprint density at radius 2 is 1.91 bits per heavy atom. The van der Waals surface area contributed by atoms with Crippen LogP contribution in [-0.4, -0.2) is 42.9 Å². The topological polar surface area (TPSA) is 90.6 Å². The zero-order chi connectivity index (χ0) is 24.1. The second-order valence-electron chi connectivity index (χ2n) is 7.23. The van der Waals surface area contributed by atoms with Crippen LogP contribution in [0, 0.1) is 0 Å². The van der Waals surface area contributed by atoms with E-state index in [-0.39, 0.29) is 11.3 Å². The standard InChI is InChI=1S/C24H20F2N2O6/c1-31-17-9-7-15(8-10-17)19-13-20(21-6-3-11-32-21)28(27-19)22(29)14-33-23(30)16-4-2-5-18(12-16)34-24(25)26/h2-12,20,24H,13-14H2,1H3. The zero-order valence-electron chi connectivity index (χ0n) is 18.0. The van der Waals surface area contributed by atoms with Gasteiger partial charge in [0.05, 0.1) is 24.6 Å². The number of carbonyl (C=O) groups excluding carboxylic acids is 2. The maximum absolute atomic E-state index is 12.9. The van der Waals surface area contributed by atoms with Gasteiger partial charge < -0.3 is 18.6 Å². The van der Waals surface area contributed by atoms with Crippen molar-refractivity contribution in [1.29, 1.82) is 0 Å². The van der Waals surface area contributed by atoms with Crippen LogP contribution < -0.4 is 9.47 Å². The molecule has 0 fully saturated rings. The van der Waals surface area contributed by atoms with Gasteiger partial charge in [-0.05, 0) is 60.2 Å². The second kappa shape index (κ2) is 10.2. The molecule has 1 aliphatic heterocycles. The van der Waals surface area contributed by atoms with E-state index in [2.05, 4.69) is 9.84 Å². The molecular weight excluding hydrogens is 450 g/mol. The summed E-state index contributed by atoms with van der Waals surface area (Å²) in [6.07, 6.45) is 1.89. The molecule has 0 N–H and O–H groups in total. The first-order chi connectivity index (χ1) is 16.4. The van der Waals surface area contributed by atoms with Crippen molar-refractivity contribution in [3.8, 4) is 11.5 Å². The minimum atomic E-state index is -3.03. The molecule has 1 aliphatic rings. The molecule has 0 saturated carbocycles. The van der Waals surface area contributed by atoms with Crippen molar-refractivity contribution in [2.24, 2.45) is 5.10 Å². The molecule has 0 spiro atoms. The fraction of sp³-hybridized carbons (Fsp3) is 0.208. The van der Waals surface area contributed by atoms with Crippen molar-refractivity contribution in [3.63, 3.8) is 0 Å². The molecule has 176 valence electrons. The first-order valence-electron chi connectivity index (χ1n) is 10.2. The van der Waals surface area contributed by atoms with Crippen molar-refractivity contribution in [2.45, 2.75) is 19.1 Å². The third-order valence-corrected chi connectivity index (χ3v) is 5.08. The number of benzene rings is 2. The Kier molecular flexibility index (Phi) is 6.86. The summed E-state index contributed by atoms with van der Waals surface area (Å²) in [4.78, 5) is 25.3. The Hall–Kier alpha value is -4.21. The quantitative estimate of drug-likeness (QED) is 0.453. The SMILES string of the molecule is COc1ccc(C2=NN(C(=O)COC(=O)c3cccc(OC(F)F)c3)C(c3ccco3)C2)cc1. The van der Waals surface area contributed by atoms with Crippen molar-refractivity contribution in [3.05, 3.63) is 83.8 Å². The van der Waals surface area contributed by atoms with E-state index in [0.717, 1.165) is 11.6 Å². The Balaban J connectivity index is 1.48. The summed E-state index contributed by atoms with van der Waals surface area (Å²) in [5.41, 5.74) is 1.43. The molecule has 1 unspecified atom stereocenters. The highest BCUT2D eigenvalue weighted by atomic mass is 19.3. The van der Waals surface area contributed by atoms with Gasteiger partial charge in [-0.1, -0.05) is 6.07 Å². The fourth-order valence-corrected chi connectivity index (χ4v) is 3.48. The van der Waals surface area contributed by atoms with E-state index in [1.165, 1.54) is 29.5 Å². The maximum atomic E-state index is 12.9. The van der Waals surface area contributed by atoms with E-state index in [9.17, 15) is 18.4 Å². The van der Waals surface area contributed by atoms with Gasteiger partial charge in [0.15, 0.2) is 6.61 Å². The lowest BCUT2D eigenvalue weighted by Crippen LogP contribution is -2.31. The summed E-state index contributed by atoms with van der Waals surface area (Å²) in [7, 11) is 1.57. The molecule has 4 rings (SSSR count). The summed E-state index contributed by atoms with van der Waals surface area (Å²) in [6.45, 7) is -3.63. The van der Waals surface area contributed by atoms with Crippen molar-refractivity contribution in [1.82, 2.24) is 5.01 Å². The number of nitrogens with zero attached hydrogens (tertiary/aromatic N) is 2. The minimum absolute atomic E-state index is 0.0302. The number of esters is 1. The lowest BCUT2D eigenvalue weighted by atomic mass is 10.0. The number of methoxy groups -OCH3 is 1. The van der Waals surface area contributed by atoms with Gasteiger partial charge in [-0.15, -0.1) is 0 Å². The number of hydrogen-bond acceptors (Lipinski definition) is 7. The van der Waals surface area contributed by atoms with Crippen molar-refractivity contribution in [2.75, 3.05) is 13.7 Å². The summed E-state index contributed by atoms with van der Waals surface area (Å²) < 4.78 is 44.9. The van der Waals surface area contributed by atoms with E-state index >= 15 is 0 Å². The monoisotopic (exact) mass is 470 g/mol. The molecular formula is C24H20F2N2O6. The van der Waals surface area contributed by atoms with Crippen molar-refractivity contribution >= 4 is 17.6 Å². The Morgan fingerprint density at radius 1 is 1.12 bits per heavy atom. The number of hydrogen-bond donors (Lipinski definition) is 0. The van der Waals surface area contributed by atoms with Gasteiger partial charge in [-0.25, -0.2) is 9.80 Å². The molecule has 2 aromatic carbocycles. The zero-order valence-corrected chi connectivity index (χ0v) is 18.0. The van der Waals surface area contributed by atoms with Crippen LogP contribution in [0.1, 0.15) is 34.1 Å². The summed E-state index contributed by atoms with van der Waals surface area (Å²) >= 11 is 0. The number of halogens is 2. The highest BCUT2D eigenvalue weighted by Gasteiger charge is 2.35. The van der Waals surface area contributed by atoms with Crippen LogP contribution in [0.4, 0.5) is 8.78 Å². The Morgan fingerprint density at radius 3 is 2.59 bits per heavy atom. The molecule has 34 heavy (non-hydrogen) atoms. The molecule has 0 aliphatic carbocycles. The maximum Gasteiger partial charge on any atom is 0.387 e. The van der Waals surface area contributed by atoms with Crippen LogP contribution in [0.3, 0.4) is 0 Å². The highest BCUT2D eigenvalue weighted by molar-refractivity contribution is 6.03. The number of ether oxygens (including phenoxy) is 3. The van der Waals surface area contributed by atoms with Crippen LogP contribution in [0.25, 0.3) is 0 Å². The molecule has 0 bridgehead atoms. The summed E-state index contributed by atoms with van der Waals surface area (Å²) in [5, 5.41) is 5.68. The molecule has 8 nitrogen and oxygen atoms in total. The largest absolute Gasteiger partial charge is 0.497 e. The van der Waals surface area contributed by atoms with Gasteiger partial charge in [-0.2, -0.15) is 13.9 Å². The molecule has 0 radical (unpaired) electrons. The van der Waals surface area contributed by atoms with E-state index in [1.807, 2.05) is 12.1 Å². The number of amides is 1. The second-order valence-corrected chi connectivity index (χ2v) is 7.23. The van der Waals surface area contributed by atoms with Gasteiger partial charge in [0.1, 0.15) is 23.3 Å². The first-order valence-corrected chi connectivity index (χ1v) is 10.2.